The monoisotopic (exact) mass is 319 g/mol. The zero-order valence-electron chi connectivity index (χ0n) is 13.1. The van der Waals surface area contributed by atoms with Crippen molar-refractivity contribution in [2.24, 2.45) is 5.92 Å². The van der Waals surface area contributed by atoms with Crippen molar-refractivity contribution in [3.05, 3.63) is 34.4 Å². The van der Waals surface area contributed by atoms with Gasteiger partial charge in [-0.2, -0.15) is 0 Å². The van der Waals surface area contributed by atoms with E-state index < -0.39 is 12.1 Å². The van der Waals surface area contributed by atoms with Crippen molar-refractivity contribution < 1.29 is 24.5 Å². The first-order valence-corrected chi connectivity index (χ1v) is 7.90. The lowest BCUT2D eigenvalue weighted by Crippen LogP contribution is -2.38. The SMILES string of the molecule is Cc1c([C@@H](O)CN2CCC(C(=O)O)CC2)ccc2c1COC2=O. The highest BCUT2D eigenvalue weighted by molar-refractivity contribution is 5.93. The smallest absolute Gasteiger partial charge is 0.338 e. The van der Waals surface area contributed by atoms with Gasteiger partial charge in [-0.05, 0) is 50.0 Å². The molecule has 6 nitrogen and oxygen atoms in total. The average Bonchev–Trinajstić information content (AvgIpc) is 2.90. The van der Waals surface area contributed by atoms with Crippen LogP contribution in [-0.2, 0) is 16.1 Å². The van der Waals surface area contributed by atoms with Crippen LogP contribution < -0.4 is 0 Å². The van der Waals surface area contributed by atoms with Crippen molar-refractivity contribution in [2.45, 2.75) is 32.5 Å². The van der Waals surface area contributed by atoms with Crippen LogP contribution in [0.1, 0.15) is 46.0 Å². The van der Waals surface area contributed by atoms with Gasteiger partial charge >= 0.3 is 11.9 Å². The largest absolute Gasteiger partial charge is 0.481 e. The molecule has 2 heterocycles. The minimum atomic E-state index is -0.732. The average molecular weight is 319 g/mol. The Labute approximate surface area is 134 Å². The molecule has 0 saturated carbocycles. The maximum absolute atomic E-state index is 11.6. The number of piperidine rings is 1. The van der Waals surface area contributed by atoms with E-state index in [0.29, 0.717) is 38.0 Å². The van der Waals surface area contributed by atoms with E-state index >= 15 is 0 Å². The Morgan fingerprint density at radius 3 is 2.74 bits per heavy atom. The van der Waals surface area contributed by atoms with Crippen molar-refractivity contribution in [3.63, 3.8) is 0 Å². The van der Waals surface area contributed by atoms with Crippen molar-refractivity contribution >= 4 is 11.9 Å². The normalized spacial score (nSPS) is 20.2. The highest BCUT2D eigenvalue weighted by atomic mass is 16.5. The second-order valence-electron chi connectivity index (χ2n) is 6.31. The number of carboxylic acids is 1. The number of carboxylic acid groups (broad SMARTS) is 1. The number of likely N-dealkylation sites (tertiary alicyclic amines) is 1. The third-order valence-electron chi connectivity index (χ3n) is 4.93. The standard InChI is InChI=1S/C17H21NO5/c1-10-12(2-3-13-14(10)9-23-17(13)22)15(19)8-18-6-4-11(5-7-18)16(20)21/h2-3,11,15,19H,4-9H2,1H3,(H,20,21)/t15-/m0/s1. The number of aliphatic carboxylic acids is 1. The fourth-order valence-electron chi connectivity index (χ4n) is 3.43. The van der Waals surface area contributed by atoms with Crippen molar-refractivity contribution in [3.8, 4) is 0 Å². The van der Waals surface area contributed by atoms with Gasteiger partial charge in [-0.1, -0.05) is 6.07 Å². The van der Waals surface area contributed by atoms with Crippen molar-refractivity contribution in [2.75, 3.05) is 19.6 Å². The van der Waals surface area contributed by atoms with Gasteiger partial charge in [0.2, 0.25) is 0 Å². The summed E-state index contributed by atoms with van der Waals surface area (Å²) in [5.74, 6) is -1.31. The van der Waals surface area contributed by atoms with Crippen LogP contribution in [0, 0.1) is 12.8 Å². The summed E-state index contributed by atoms with van der Waals surface area (Å²) in [4.78, 5) is 24.6. The third-order valence-corrected chi connectivity index (χ3v) is 4.93. The molecule has 1 aromatic carbocycles. The lowest BCUT2D eigenvalue weighted by Gasteiger charge is -2.31. The summed E-state index contributed by atoms with van der Waals surface area (Å²) in [6.45, 7) is 4.00. The highest BCUT2D eigenvalue weighted by Crippen LogP contribution is 2.30. The minimum absolute atomic E-state index is 0.268. The van der Waals surface area contributed by atoms with Gasteiger partial charge in [0.05, 0.1) is 17.6 Å². The molecule has 1 fully saturated rings. The number of nitrogens with zero attached hydrogens (tertiary/aromatic N) is 1. The van der Waals surface area contributed by atoms with Crippen LogP contribution in [0.2, 0.25) is 0 Å². The number of hydrogen-bond donors (Lipinski definition) is 2. The van der Waals surface area contributed by atoms with Gasteiger partial charge in [-0.15, -0.1) is 0 Å². The molecule has 3 rings (SSSR count). The van der Waals surface area contributed by atoms with Gasteiger partial charge in [0.25, 0.3) is 0 Å². The summed E-state index contributed by atoms with van der Waals surface area (Å²) in [6, 6.07) is 3.50. The molecular weight excluding hydrogens is 298 g/mol. The number of benzene rings is 1. The van der Waals surface area contributed by atoms with E-state index in [2.05, 4.69) is 4.90 Å². The van der Waals surface area contributed by atoms with Crippen molar-refractivity contribution in [1.82, 2.24) is 4.90 Å². The van der Waals surface area contributed by atoms with Gasteiger partial charge in [-0.25, -0.2) is 4.79 Å². The molecule has 124 valence electrons. The number of hydrogen-bond acceptors (Lipinski definition) is 5. The number of ether oxygens (including phenoxy) is 1. The van der Waals surface area contributed by atoms with Crippen LogP contribution in [-0.4, -0.2) is 46.7 Å². The van der Waals surface area contributed by atoms with Gasteiger partial charge in [0.15, 0.2) is 0 Å². The van der Waals surface area contributed by atoms with E-state index in [4.69, 9.17) is 9.84 Å². The number of carbonyl (C=O) groups is 2. The highest BCUT2D eigenvalue weighted by Gasteiger charge is 2.28. The number of rotatable bonds is 4. The summed E-state index contributed by atoms with van der Waals surface area (Å²) in [6.07, 6.45) is 0.582. The number of fused-ring (bicyclic) bond motifs is 1. The fraction of sp³-hybridized carbons (Fsp3) is 0.529. The number of cyclic esters (lactones) is 1. The fourth-order valence-corrected chi connectivity index (χ4v) is 3.43. The predicted octanol–water partition coefficient (Wildman–Crippen LogP) is 1.50. The van der Waals surface area contributed by atoms with Crippen LogP contribution in [0.25, 0.3) is 0 Å². The molecule has 23 heavy (non-hydrogen) atoms. The summed E-state index contributed by atoms with van der Waals surface area (Å²) in [7, 11) is 0. The molecule has 1 atom stereocenters. The van der Waals surface area contributed by atoms with Crippen LogP contribution in [0.3, 0.4) is 0 Å². The lowest BCUT2D eigenvalue weighted by atomic mass is 9.93. The van der Waals surface area contributed by atoms with Gasteiger partial charge in [-0.3, -0.25) is 4.79 Å². The first kappa shape index (κ1) is 16.0. The Hall–Kier alpha value is -1.92. The molecule has 2 aliphatic heterocycles. The van der Waals surface area contributed by atoms with E-state index in [9.17, 15) is 14.7 Å². The topological polar surface area (TPSA) is 87.1 Å². The van der Waals surface area contributed by atoms with Crippen molar-refractivity contribution in [1.29, 1.82) is 0 Å². The summed E-state index contributed by atoms with van der Waals surface area (Å²) >= 11 is 0. The second kappa shape index (κ2) is 6.29. The quantitative estimate of drug-likeness (QED) is 0.818. The molecule has 2 N–H and O–H groups in total. The van der Waals surface area contributed by atoms with Crippen LogP contribution in [0.5, 0.6) is 0 Å². The molecule has 1 aromatic rings. The molecule has 0 aromatic heterocycles. The molecule has 2 aliphatic rings. The number of β-amino-alcohol motifs (C(OH)–C–C–N with tert-alkyl or cyclic N) is 1. The summed E-state index contributed by atoms with van der Waals surface area (Å²) in [5.41, 5.74) is 3.15. The molecular formula is C17H21NO5. The molecule has 0 unspecified atom stereocenters. The van der Waals surface area contributed by atoms with Gasteiger partial charge in [0.1, 0.15) is 6.61 Å². The Morgan fingerprint density at radius 1 is 1.39 bits per heavy atom. The molecule has 0 radical (unpaired) electrons. The molecule has 0 bridgehead atoms. The molecule has 0 aliphatic carbocycles. The Kier molecular flexibility index (Phi) is 4.37. The zero-order chi connectivity index (χ0) is 16.6. The summed E-state index contributed by atoms with van der Waals surface area (Å²) < 4.78 is 5.04. The maximum atomic E-state index is 11.6. The molecule has 0 spiro atoms. The number of aliphatic hydroxyl groups is 1. The molecule has 1 saturated heterocycles. The van der Waals surface area contributed by atoms with E-state index in [1.54, 1.807) is 12.1 Å². The first-order valence-electron chi connectivity index (χ1n) is 7.90. The van der Waals surface area contributed by atoms with Gasteiger partial charge in [0, 0.05) is 12.1 Å². The number of esters is 1. The predicted molar refractivity (Wildman–Crippen MR) is 82.1 cm³/mol. The molecule has 0 amide bonds. The third kappa shape index (κ3) is 3.09. The second-order valence-corrected chi connectivity index (χ2v) is 6.31. The number of aliphatic hydroxyl groups excluding tert-OH is 1. The first-order chi connectivity index (χ1) is 11.0. The maximum Gasteiger partial charge on any atom is 0.338 e. The van der Waals surface area contributed by atoms with Crippen LogP contribution in [0.4, 0.5) is 0 Å². The Bertz CT molecular complexity index is 634. The van der Waals surface area contributed by atoms with E-state index in [0.717, 1.165) is 16.7 Å². The van der Waals surface area contributed by atoms with E-state index in [-0.39, 0.29) is 18.5 Å². The minimum Gasteiger partial charge on any atom is -0.481 e. The lowest BCUT2D eigenvalue weighted by molar-refractivity contribution is -0.143. The molecule has 6 heteroatoms. The Morgan fingerprint density at radius 2 is 2.09 bits per heavy atom. The van der Waals surface area contributed by atoms with E-state index in [1.807, 2.05) is 6.92 Å². The van der Waals surface area contributed by atoms with Crippen LogP contribution >= 0.6 is 0 Å². The van der Waals surface area contributed by atoms with Gasteiger partial charge < -0.3 is 19.8 Å². The van der Waals surface area contributed by atoms with E-state index in [1.165, 1.54) is 0 Å². The Balaban J connectivity index is 1.67. The summed E-state index contributed by atoms with van der Waals surface area (Å²) in [5, 5.41) is 19.6. The number of carbonyl (C=O) groups excluding carboxylic acids is 1. The van der Waals surface area contributed by atoms with Crippen LogP contribution in [0.15, 0.2) is 12.1 Å². The zero-order valence-corrected chi connectivity index (χ0v) is 13.1.